The highest BCUT2D eigenvalue weighted by atomic mass is 127. The number of ketones is 1. The average molecular weight is 358 g/mol. The Hall–Kier alpha value is -0.420. The van der Waals surface area contributed by atoms with Crippen molar-refractivity contribution in [2.45, 2.75) is 44.1 Å². The summed E-state index contributed by atoms with van der Waals surface area (Å²) in [6, 6.07) is 8.16. The van der Waals surface area contributed by atoms with Gasteiger partial charge in [0, 0.05) is 17.1 Å². The van der Waals surface area contributed by atoms with Crippen molar-refractivity contribution in [3.05, 3.63) is 33.4 Å². The van der Waals surface area contributed by atoms with E-state index in [9.17, 15) is 4.79 Å². The summed E-state index contributed by atoms with van der Waals surface area (Å²) >= 11 is 2.27. The Morgan fingerprint density at radius 3 is 2.39 bits per heavy atom. The molecule has 98 valence electrons. The van der Waals surface area contributed by atoms with Crippen molar-refractivity contribution >= 4 is 28.4 Å². The first kappa shape index (κ1) is 14.0. The van der Waals surface area contributed by atoms with Gasteiger partial charge in [-0.1, -0.05) is 31.4 Å². The lowest BCUT2D eigenvalue weighted by molar-refractivity contribution is -0.144. The third-order valence-corrected chi connectivity index (χ3v) is 4.56. The SMILES string of the molecule is COC1(C(=O)Cc2ccc(I)cc2)CCCCC1. The van der Waals surface area contributed by atoms with E-state index >= 15 is 0 Å². The van der Waals surface area contributed by atoms with Gasteiger partial charge in [-0.2, -0.15) is 0 Å². The number of Topliss-reactive ketones (excluding diaryl/α,β-unsaturated/α-hetero) is 1. The maximum absolute atomic E-state index is 12.5. The van der Waals surface area contributed by atoms with E-state index in [1.807, 2.05) is 24.3 Å². The molecule has 2 rings (SSSR count). The fourth-order valence-electron chi connectivity index (χ4n) is 2.67. The van der Waals surface area contributed by atoms with Crippen LogP contribution in [0.15, 0.2) is 24.3 Å². The van der Waals surface area contributed by atoms with E-state index in [0.717, 1.165) is 31.2 Å². The monoisotopic (exact) mass is 358 g/mol. The number of hydrogen-bond acceptors (Lipinski definition) is 2. The Morgan fingerprint density at radius 2 is 1.83 bits per heavy atom. The average Bonchev–Trinajstić information content (AvgIpc) is 2.42. The van der Waals surface area contributed by atoms with Crippen LogP contribution in [-0.4, -0.2) is 18.5 Å². The molecule has 0 saturated heterocycles. The number of halogens is 1. The topological polar surface area (TPSA) is 26.3 Å². The molecule has 0 unspecified atom stereocenters. The molecule has 2 nitrogen and oxygen atoms in total. The second-order valence-electron chi connectivity index (χ2n) is 4.99. The summed E-state index contributed by atoms with van der Waals surface area (Å²) in [6.07, 6.45) is 5.69. The van der Waals surface area contributed by atoms with Gasteiger partial charge >= 0.3 is 0 Å². The zero-order valence-electron chi connectivity index (χ0n) is 10.7. The molecule has 0 aliphatic heterocycles. The van der Waals surface area contributed by atoms with Crippen molar-refractivity contribution in [2.75, 3.05) is 7.11 Å². The molecule has 0 spiro atoms. The first-order chi connectivity index (χ1) is 8.66. The summed E-state index contributed by atoms with van der Waals surface area (Å²) in [5.41, 5.74) is 0.573. The molecule has 0 radical (unpaired) electrons. The maximum atomic E-state index is 12.5. The van der Waals surface area contributed by atoms with E-state index in [1.165, 1.54) is 9.99 Å². The zero-order valence-corrected chi connectivity index (χ0v) is 12.9. The molecule has 1 saturated carbocycles. The van der Waals surface area contributed by atoms with Gasteiger partial charge < -0.3 is 4.74 Å². The smallest absolute Gasteiger partial charge is 0.168 e. The van der Waals surface area contributed by atoms with Crippen LogP contribution in [0.3, 0.4) is 0 Å². The van der Waals surface area contributed by atoms with E-state index in [2.05, 4.69) is 22.6 Å². The Labute approximate surface area is 122 Å². The summed E-state index contributed by atoms with van der Waals surface area (Å²) in [6.45, 7) is 0. The molecule has 0 aromatic heterocycles. The predicted octanol–water partition coefficient (Wildman–Crippen LogP) is 3.75. The first-order valence-electron chi connectivity index (χ1n) is 6.49. The molecule has 0 atom stereocenters. The molecule has 0 heterocycles. The Kier molecular flexibility index (Phi) is 4.78. The van der Waals surface area contributed by atoms with Crippen molar-refractivity contribution in [1.29, 1.82) is 0 Å². The number of carbonyl (C=O) groups excluding carboxylic acids is 1. The van der Waals surface area contributed by atoms with Crippen LogP contribution in [0.25, 0.3) is 0 Å². The van der Waals surface area contributed by atoms with E-state index < -0.39 is 5.60 Å². The van der Waals surface area contributed by atoms with Crippen LogP contribution in [0, 0.1) is 3.57 Å². The fraction of sp³-hybridized carbons (Fsp3) is 0.533. The lowest BCUT2D eigenvalue weighted by atomic mass is 9.79. The minimum absolute atomic E-state index is 0.242. The quantitative estimate of drug-likeness (QED) is 0.767. The van der Waals surface area contributed by atoms with Crippen LogP contribution >= 0.6 is 22.6 Å². The predicted molar refractivity (Wildman–Crippen MR) is 80.7 cm³/mol. The van der Waals surface area contributed by atoms with E-state index in [4.69, 9.17) is 4.74 Å². The third kappa shape index (κ3) is 3.12. The maximum Gasteiger partial charge on any atom is 0.168 e. The van der Waals surface area contributed by atoms with Crippen molar-refractivity contribution in [1.82, 2.24) is 0 Å². The molecular formula is C15H19IO2. The molecule has 1 aliphatic rings. The summed E-state index contributed by atoms with van der Waals surface area (Å²) in [5.74, 6) is 0.242. The molecular weight excluding hydrogens is 339 g/mol. The highest BCUT2D eigenvalue weighted by Gasteiger charge is 2.38. The van der Waals surface area contributed by atoms with Gasteiger partial charge in [0.15, 0.2) is 5.78 Å². The first-order valence-corrected chi connectivity index (χ1v) is 7.57. The molecule has 3 heteroatoms. The molecule has 1 aliphatic carbocycles. The van der Waals surface area contributed by atoms with Gasteiger partial charge in [-0.3, -0.25) is 4.79 Å². The highest BCUT2D eigenvalue weighted by Crippen LogP contribution is 2.32. The van der Waals surface area contributed by atoms with Gasteiger partial charge in [0.05, 0.1) is 0 Å². The standard InChI is InChI=1S/C15H19IO2/c1-18-15(9-3-2-4-10-15)14(17)11-12-5-7-13(16)8-6-12/h5-8H,2-4,9-11H2,1H3. The van der Waals surface area contributed by atoms with Crippen molar-refractivity contribution in [3.63, 3.8) is 0 Å². The van der Waals surface area contributed by atoms with Crippen LogP contribution in [0.1, 0.15) is 37.7 Å². The summed E-state index contributed by atoms with van der Waals surface area (Å²) in [4.78, 5) is 12.5. The van der Waals surface area contributed by atoms with E-state index in [-0.39, 0.29) is 5.78 Å². The number of methoxy groups -OCH3 is 1. The lowest BCUT2D eigenvalue weighted by Gasteiger charge is -2.34. The summed E-state index contributed by atoms with van der Waals surface area (Å²) < 4.78 is 6.78. The number of rotatable bonds is 4. The van der Waals surface area contributed by atoms with E-state index in [0.29, 0.717) is 6.42 Å². The minimum Gasteiger partial charge on any atom is -0.370 e. The van der Waals surface area contributed by atoms with Crippen molar-refractivity contribution in [3.8, 4) is 0 Å². The third-order valence-electron chi connectivity index (χ3n) is 3.84. The van der Waals surface area contributed by atoms with Crippen LogP contribution in [0.2, 0.25) is 0 Å². The number of carbonyl (C=O) groups is 1. The molecule has 1 fully saturated rings. The van der Waals surface area contributed by atoms with Crippen LogP contribution in [0.5, 0.6) is 0 Å². The minimum atomic E-state index is -0.513. The summed E-state index contributed by atoms with van der Waals surface area (Å²) in [7, 11) is 1.68. The van der Waals surface area contributed by atoms with Gasteiger partial charge in [0.1, 0.15) is 5.60 Å². The van der Waals surface area contributed by atoms with Gasteiger partial charge in [-0.15, -0.1) is 0 Å². The number of hydrogen-bond donors (Lipinski definition) is 0. The second-order valence-corrected chi connectivity index (χ2v) is 6.23. The number of benzene rings is 1. The lowest BCUT2D eigenvalue weighted by Crippen LogP contribution is -2.43. The molecule has 1 aromatic carbocycles. The van der Waals surface area contributed by atoms with Crippen LogP contribution in [-0.2, 0) is 16.0 Å². The van der Waals surface area contributed by atoms with Crippen molar-refractivity contribution in [2.24, 2.45) is 0 Å². The molecule has 0 amide bonds. The van der Waals surface area contributed by atoms with Crippen LogP contribution < -0.4 is 0 Å². The van der Waals surface area contributed by atoms with Gasteiger partial charge in [-0.05, 0) is 53.1 Å². The largest absolute Gasteiger partial charge is 0.370 e. The molecule has 0 bridgehead atoms. The normalized spacial score (nSPS) is 18.6. The Bertz CT molecular complexity index is 405. The molecule has 0 N–H and O–H groups in total. The van der Waals surface area contributed by atoms with Gasteiger partial charge in [0.2, 0.25) is 0 Å². The molecule has 1 aromatic rings. The molecule has 18 heavy (non-hydrogen) atoms. The van der Waals surface area contributed by atoms with Gasteiger partial charge in [0.25, 0.3) is 0 Å². The fourth-order valence-corrected chi connectivity index (χ4v) is 3.03. The van der Waals surface area contributed by atoms with Crippen LogP contribution in [0.4, 0.5) is 0 Å². The Balaban J connectivity index is 2.07. The summed E-state index contributed by atoms with van der Waals surface area (Å²) in [5, 5.41) is 0. The van der Waals surface area contributed by atoms with E-state index in [1.54, 1.807) is 7.11 Å². The second kappa shape index (κ2) is 6.15. The Morgan fingerprint density at radius 1 is 1.22 bits per heavy atom. The number of ether oxygens (including phenoxy) is 1. The highest BCUT2D eigenvalue weighted by molar-refractivity contribution is 14.1. The van der Waals surface area contributed by atoms with Gasteiger partial charge in [-0.25, -0.2) is 0 Å². The zero-order chi connectivity index (χ0) is 13.0. The van der Waals surface area contributed by atoms with Crippen molar-refractivity contribution < 1.29 is 9.53 Å².